The second-order valence-corrected chi connectivity index (χ2v) is 6.69. The average molecular weight is 342 g/mol. The summed E-state index contributed by atoms with van der Waals surface area (Å²) in [6.45, 7) is 2.43. The van der Waals surface area contributed by atoms with E-state index in [4.69, 9.17) is 4.74 Å². The van der Waals surface area contributed by atoms with Gasteiger partial charge in [-0.15, -0.1) is 11.3 Å². The highest BCUT2D eigenvalue weighted by Gasteiger charge is 2.21. The summed E-state index contributed by atoms with van der Waals surface area (Å²) < 4.78 is 19.4. The molecule has 0 radical (unpaired) electrons. The van der Waals surface area contributed by atoms with Crippen LogP contribution < -0.4 is 0 Å². The van der Waals surface area contributed by atoms with Crippen LogP contribution in [-0.2, 0) is 4.74 Å². The number of thiophene rings is 1. The Hall–Kier alpha value is -2.31. The second kappa shape index (κ2) is 6.30. The van der Waals surface area contributed by atoms with Crippen molar-refractivity contribution in [1.82, 2.24) is 9.88 Å². The van der Waals surface area contributed by atoms with Gasteiger partial charge < -0.3 is 9.64 Å². The van der Waals surface area contributed by atoms with Crippen LogP contribution in [0.4, 0.5) is 4.39 Å². The van der Waals surface area contributed by atoms with Gasteiger partial charge in [-0.1, -0.05) is 12.1 Å². The number of benzene rings is 1. The molecule has 1 aliphatic heterocycles. The lowest BCUT2D eigenvalue weighted by atomic mass is 10.0. The maximum atomic E-state index is 13.1. The van der Waals surface area contributed by atoms with Crippen molar-refractivity contribution in [2.24, 2.45) is 0 Å². The first-order valence-electron chi connectivity index (χ1n) is 7.74. The van der Waals surface area contributed by atoms with E-state index < -0.39 is 5.95 Å². The Morgan fingerprint density at radius 1 is 1.21 bits per heavy atom. The van der Waals surface area contributed by atoms with Crippen LogP contribution in [0.25, 0.3) is 21.2 Å². The van der Waals surface area contributed by atoms with Crippen molar-refractivity contribution < 1.29 is 13.9 Å². The fraction of sp³-hybridized carbons (Fsp3) is 0.222. The SMILES string of the molecule is O=C(c1cc2c(-c3ccc(F)nc3)cccc2s1)N1CCOCC1. The van der Waals surface area contributed by atoms with E-state index >= 15 is 0 Å². The number of ether oxygens (including phenoxy) is 1. The minimum atomic E-state index is -0.501. The molecule has 24 heavy (non-hydrogen) atoms. The van der Waals surface area contributed by atoms with Gasteiger partial charge in [0, 0.05) is 34.9 Å². The van der Waals surface area contributed by atoms with Gasteiger partial charge in [-0.25, -0.2) is 4.98 Å². The lowest BCUT2D eigenvalue weighted by Crippen LogP contribution is -2.40. The molecule has 0 atom stereocenters. The Kier molecular flexibility index (Phi) is 4.00. The summed E-state index contributed by atoms with van der Waals surface area (Å²) in [5.74, 6) is -0.456. The number of pyridine rings is 1. The van der Waals surface area contributed by atoms with Crippen molar-refractivity contribution in [3.63, 3.8) is 0 Å². The molecule has 1 fully saturated rings. The normalized spacial score (nSPS) is 15.0. The van der Waals surface area contributed by atoms with Gasteiger partial charge in [0.25, 0.3) is 5.91 Å². The molecular weight excluding hydrogens is 327 g/mol. The monoisotopic (exact) mass is 342 g/mol. The fourth-order valence-electron chi connectivity index (χ4n) is 2.88. The molecule has 4 rings (SSSR count). The Labute approximate surface area is 142 Å². The molecule has 122 valence electrons. The molecule has 1 saturated heterocycles. The summed E-state index contributed by atoms with van der Waals surface area (Å²) in [4.78, 5) is 18.9. The highest BCUT2D eigenvalue weighted by atomic mass is 32.1. The third-order valence-corrected chi connectivity index (χ3v) is 5.20. The van der Waals surface area contributed by atoms with Gasteiger partial charge in [-0.2, -0.15) is 4.39 Å². The highest BCUT2D eigenvalue weighted by molar-refractivity contribution is 7.20. The molecule has 3 heterocycles. The number of halogens is 1. The molecule has 3 aromatic rings. The predicted octanol–water partition coefficient (Wildman–Crippen LogP) is 3.57. The van der Waals surface area contributed by atoms with Gasteiger partial charge in [0.2, 0.25) is 5.95 Å². The van der Waals surface area contributed by atoms with E-state index in [-0.39, 0.29) is 5.91 Å². The minimum Gasteiger partial charge on any atom is -0.378 e. The molecule has 2 aromatic heterocycles. The number of fused-ring (bicyclic) bond motifs is 1. The third-order valence-electron chi connectivity index (χ3n) is 4.11. The quantitative estimate of drug-likeness (QED) is 0.669. The maximum Gasteiger partial charge on any atom is 0.264 e. The average Bonchev–Trinajstić information content (AvgIpc) is 3.07. The van der Waals surface area contributed by atoms with E-state index in [2.05, 4.69) is 4.98 Å². The molecule has 0 N–H and O–H groups in total. The zero-order valence-electron chi connectivity index (χ0n) is 12.9. The zero-order chi connectivity index (χ0) is 16.5. The van der Waals surface area contributed by atoms with Crippen molar-refractivity contribution in [3.8, 4) is 11.1 Å². The number of carbonyl (C=O) groups is 1. The Morgan fingerprint density at radius 3 is 2.79 bits per heavy atom. The maximum absolute atomic E-state index is 13.1. The molecule has 1 aromatic carbocycles. The summed E-state index contributed by atoms with van der Waals surface area (Å²) in [5.41, 5.74) is 1.79. The topological polar surface area (TPSA) is 42.4 Å². The summed E-state index contributed by atoms with van der Waals surface area (Å²) in [6, 6.07) is 10.9. The van der Waals surface area contributed by atoms with E-state index in [1.54, 1.807) is 6.07 Å². The minimum absolute atomic E-state index is 0.0441. The number of hydrogen-bond donors (Lipinski definition) is 0. The Bertz CT molecular complexity index is 886. The number of morpholine rings is 1. The Morgan fingerprint density at radius 2 is 2.04 bits per heavy atom. The van der Waals surface area contributed by atoms with Gasteiger partial charge in [0.1, 0.15) is 0 Å². The largest absolute Gasteiger partial charge is 0.378 e. The second-order valence-electron chi connectivity index (χ2n) is 5.60. The first-order valence-corrected chi connectivity index (χ1v) is 8.55. The smallest absolute Gasteiger partial charge is 0.264 e. The van der Waals surface area contributed by atoms with Crippen LogP contribution in [0.15, 0.2) is 42.6 Å². The van der Waals surface area contributed by atoms with Gasteiger partial charge in [0.05, 0.1) is 18.1 Å². The van der Waals surface area contributed by atoms with Crippen molar-refractivity contribution in [3.05, 3.63) is 53.4 Å². The van der Waals surface area contributed by atoms with Gasteiger partial charge in [-0.05, 0) is 29.8 Å². The fourth-order valence-corrected chi connectivity index (χ4v) is 3.93. The first kappa shape index (κ1) is 15.2. The number of aromatic nitrogens is 1. The van der Waals surface area contributed by atoms with Crippen molar-refractivity contribution in [2.75, 3.05) is 26.3 Å². The van der Waals surface area contributed by atoms with Crippen LogP contribution in [-0.4, -0.2) is 42.1 Å². The van der Waals surface area contributed by atoms with Crippen LogP contribution in [0.5, 0.6) is 0 Å². The molecule has 0 bridgehead atoms. The van der Waals surface area contributed by atoms with E-state index in [0.29, 0.717) is 26.3 Å². The number of rotatable bonds is 2. The predicted molar refractivity (Wildman–Crippen MR) is 91.7 cm³/mol. The van der Waals surface area contributed by atoms with E-state index in [0.717, 1.165) is 26.1 Å². The third kappa shape index (κ3) is 2.79. The molecule has 1 aliphatic rings. The molecule has 1 amide bonds. The van der Waals surface area contributed by atoms with Gasteiger partial charge in [0.15, 0.2) is 0 Å². The van der Waals surface area contributed by atoms with Crippen LogP contribution in [0.2, 0.25) is 0 Å². The Balaban J connectivity index is 1.74. The van der Waals surface area contributed by atoms with Crippen LogP contribution in [0.1, 0.15) is 9.67 Å². The molecule has 6 heteroatoms. The van der Waals surface area contributed by atoms with E-state index in [9.17, 15) is 9.18 Å². The van der Waals surface area contributed by atoms with Crippen molar-refractivity contribution in [1.29, 1.82) is 0 Å². The van der Waals surface area contributed by atoms with Crippen molar-refractivity contribution >= 4 is 27.3 Å². The van der Waals surface area contributed by atoms with Gasteiger partial charge >= 0.3 is 0 Å². The van der Waals surface area contributed by atoms with E-state index in [1.807, 2.05) is 29.2 Å². The summed E-state index contributed by atoms with van der Waals surface area (Å²) in [5, 5.41) is 0.993. The first-order chi connectivity index (χ1) is 11.7. The standard InChI is InChI=1S/C18H15FN2O2S/c19-17-5-4-12(11-20-17)13-2-1-3-15-14(13)10-16(24-15)18(22)21-6-8-23-9-7-21/h1-5,10-11H,6-9H2. The summed E-state index contributed by atoms with van der Waals surface area (Å²) >= 11 is 1.48. The summed E-state index contributed by atoms with van der Waals surface area (Å²) in [6.07, 6.45) is 1.52. The number of nitrogens with zero attached hydrogens (tertiary/aromatic N) is 2. The molecular formula is C18H15FN2O2S. The number of hydrogen-bond acceptors (Lipinski definition) is 4. The molecule has 0 aliphatic carbocycles. The number of carbonyl (C=O) groups excluding carboxylic acids is 1. The molecule has 4 nitrogen and oxygen atoms in total. The van der Waals surface area contributed by atoms with Crippen molar-refractivity contribution in [2.45, 2.75) is 0 Å². The highest BCUT2D eigenvalue weighted by Crippen LogP contribution is 2.34. The summed E-state index contributed by atoms with van der Waals surface area (Å²) in [7, 11) is 0. The van der Waals surface area contributed by atoms with Crippen LogP contribution in [0, 0.1) is 5.95 Å². The van der Waals surface area contributed by atoms with Gasteiger partial charge in [-0.3, -0.25) is 4.79 Å². The van der Waals surface area contributed by atoms with Crippen LogP contribution >= 0.6 is 11.3 Å². The lowest BCUT2D eigenvalue weighted by molar-refractivity contribution is 0.0306. The lowest BCUT2D eigenvalue weighted by Gasteiger charge is -2.26. The molecule has 0 spiro atoms. The molecule has 0 unspecified atom stereocenters. The molecule has 0 saturated carbocycles. The number of amides is 1. The van der Waals surface area contributed by atoms with E-state index in [1.165, 1.54) is 23.6 Å². The zero-order valence-corrected chi connectivity index (χ0v) is 13.7. The van der Waals surface area contributed by atoms with Crippen LogP contribution in [0.3, 0.4) is 0 Å².